The van der Waals surface area contributed by atoms with Crippen molar-refractivity contribution in [2.75, 3.05) is 5.32 Å². The van der Waals surface area contributed by atoms with E-state index in [0.29, 0.717) is 11.3 Å². The number of aryl methyl sites for hydroxylation is 1. The van der Waals surface area contributed by atoms with Gasteiger partial charge < -0.3 is 9.50 Å². The van der Waals surface area contributed by atoms with Crippen LogP contribution in [0.15, 0.2) is 47.4 Å². The minimum absolute atomic E-state index is 0.0256. The van der Waals surface area contributed by atoms with Crippen LogP contribution in [0, 0.1) is 10.5 Å². The topological polar surface area (TPSA) is 72.5 Å². The maximum Gasteiger partial charge on any atom is 0.339 e. The molecule has 0 saturated carbocycles. The Labute approximate surface area is 143 Å². The summed E-state index contributed by atoms with van der Waals surface area (Å²) in [6.07, 6.45) is 0. The van der Waals surface area contributed by atoms with Crippen LogP contribution in [0.2, 0.25) is 0 Å². The van der Waals surface area contributed by atoms with Crippen molar-refractivity contribution in [3.8, 4) is 5.75 Å². The highest BCUT2D eigenvalue weighted by Gasteiger charge is 2.20. The summed E-state index contributed by atoms with van der Waals surface area (Å²) in [5.41, 5.74) is 0.947. The number of anilines is 1. The number of benzene rings is 2. The van der Waals surface area contributed by atoms with Crippen molar-refractivity contribution in [1.29, 1.82) is 0 Å². The summed E-state index contributed by atoms with van der Waals surface area (Å²) in [4.78, 5) is 11.1. The van der Waals surface area contributed by atoms with Gasteiger partial charge in [-0.2, -0.15) is 8.42 Å². The van der Waals surface area contributed by atoms with E-state index in [0.717, 1.165) is 3.57 Å². The van der Waals surface area contributed by atoms with Crippen LogP contribution in [0.25, 0.3) is 0 Å². The van der Waals surface area contributed by atoms with Gasteiger partial charge in [0.25, 0.3) is 0 Å². The molecule has 2 aromatic rings. The minimum Gasteiger partial charge on any atom is -0.379 e. The SMILES string of the molecule is CC(=O)Nc1ccc(C)c(S(=O)(=O)Oc2cccc(I)c2)c1. The van der Waals surface area contributed by atoms with Gasteiger partial charge in [0.05, 0.1) is 0 Å². The van der Waals surface area contributed by atoms with Crippen molar-refractivity contribution in [2.45, 2.75) is 18.7 Å². The van der Waals surface area contributed by atoms with Gasteiger partial charge in [-0.05, 0) is 65.4 Å². The second-order valence-corrected chi connectivity index (χ2v) is 7.42. The summed E-state index contributed by atoms with van der Waals surface area (Å²) in [6, 6.07) is 11.4. The predicted octanol–water partition coefficient (Wildman–Crippen LogP) is 3.33. The number of carbonyl (C=O) groups is 1. The van der Waals surface area contributed by atoms with Crippen LogP contribution in [-0.2, 0) is 14.9 Å². The van der Waals surface area contributed by atoms with E-state index in [9.17, 15) is 13.2 Å². The fourth-order valence-electron chi connectivity index (χ4n) is 1.84. The fraction of sp³-hybridized carbons (Fsp3) is 0.133. The van der Waals surface area contributed by atoms with Gasteiger partial charge in [0.1, 0.15) is 10.6 Å². The number of carbonyl (C=O) groups excluding carboxylic acids is 1. The van der Waals surface area contributed by atoms with Crippen LogP contribution in [0.5, 0.6) is 5.75 Å². The molecule has 0 unspecified atom stereocenters. The molecular weight excluding hydrogens is 417 g/mol. The van der Waals surface area contributed by atoms with E-state index in [1.807, 2.05) is 6.07 Å². The molecule has 1 amide bonds. The number of halogens is 1. The Morgan fingerprint density at radius 2 is 1.91 bits per heavy atom. The molecule has 0 atom stereocenters. The Hall–Kier alpha value is -1.61. The van der Waals surface area contributed by atoms with Gasteiger partial charge in [0, 0.05) is 16.2 Å². The molecule has 2 rings (SSSR count). The lowest BCUT2D eigenvalue weighted by Gasteiger charge is -2.11. The molecule has 0 bridgehead atoms. The van der Waals surface area contributed by atoms with E-state index in [2.05, 4.69) is 27.9 Å². The van der Waals surface area contributed by atoms with Gasteiger partial charge in [-0.15, -0.1) is 0 Å². The first-order valence-corrected chi connectivity index (χ1v) is 8.85. The first kappa shape index (κ1) is 16.8. The molecule has 1 N–H and O–H groups in total. The van der Waals surface area contributed by atoms with Crippen molar-refractivity contribution in [3.05, 3.63) is 51.6 Å². The monoisotopic (exact) mass is 431 g/mol. The lowest BCUT2D eigenvalue weighted by atomic mass is 10.2. The second-order valence-electron chi connectivity index (χ2n) is 4.66. The Balaban J connectivity index is 2.38. The molecule has 7 heteroatoms. The third-order valence-corrected chi connectivity index (χ3v) is 4.84. The molecule has 0 spiro atoms. The van der Waals surface area contributed by atoms with E-state index in [4.69, 9.17) is 4.18 Å². The Kier molecular flexibility index (Phi) is 5.07. The standard InChI is InChI=1S/C15H14INO4S/c1-10-6-7-13(17-11(2)18)9-15(10)22(19,20)21-14-5-3-4-12(16)8-14/h3-9H,1-2H3,(H,17,18). The zero-order chi connectivity index (χ0) is 16.3. The first-order valence-electron chi connectivity index (χ1n) is 6.36. The smallest absolute Gasteiger partial charge is 0.339 e. The molecule has 22 heavy (non-hydrogen) atoms. The Morgan fingerprint density at radius 3 is 2.55 bits per heavy atom. The summed E-state index contributed by atoms with van der Waals surface area (Å²) in [6.45, 7) is 3.03. The van der Waals surface area contributed by atoms with E-state index in [1.54, 1.807) is 37.3 Å². The number of hydrogen-bond donors (Lipinski definition) is 1. The molecule has 0 aliphatic carbocycles. The van der Waals surface area contributed by atoms with Crippen LogP contribution >= 0.6 is 22.6 Å². The molecule has 0 aliphatic heterocycles. The summed E-state index contributed by atoms with van der Waals surface area (Å²) in [5, 5.41) is 2.56. The minimum atomic E-state index is -3.97. The van der Waals surface area contributed by atoms with Crippen molar-refractivity contribution in [2.24, 2.45) is 0 Å². The van der Waals surface area contributed by atoms with Crippen molar-refractivity contribution < 1.29 is 17.4 Å². The lowest BCUT2D eigenvalue weighted by molar-refractivity contribution is -0.114. The predicted molar refractivity (Wildman–Crippen MR) is 92.5 cm³/mol. The zero-order valence-corrected chi connectivity index (χ0v) is 14.9. The zero-order valence-electron chi connectivity index (χ0n) is 12.0. The fourth-order valence-corrected chi connectivity index (χ4v) is 3.54. The summed E-state index contributed by atoms with van der Waals surface area (Å²) in [7, 11) is -3.97. The third kappa shape index (κ3) is 4.20. The van der Waals surface area contributed by atoms with E-state index < -0.39 is 10.1 Å². The maximum absolute atomic E-state index is 12.4. The molecule has 0 fully saturated rings. The van der Waals surface area contributed by atoms with Crippen LogP contribution < -0.4 is 9.50 Å². The quantitative estimate of drug-likeness (QED) is 0.596. The molecule has 116 valence electrons. The Morgan fingerprint density at radius 1 is 1.18 bits per heavy atom. The normalized spacial score (nSPS) is 11.0. The third-order valence-electron chi connectivity index (χ3n) is 2.78. The van der Waals surface area contributed by atoms with E-state index in [-0.39, 0.29) is 16.6 Å². The van der Waals surface area contributed by atoms with Crippen molar-refractivity contribution >= 4 is 44.3 Å². The van der Waals surface area contributed by atoms with Gasteiger partial charge in [0.15, 0.2) is 0 Å². The molecular formula is C15H14INO4S. The van der Waals surface area contributed by atoms with Crippen molar-refractivity contribution in [3.63, 3.8) is 0 Å². The number of nitrogens with one attached hydrogen (secondary N) is 1. The molecule has 2 aromatic carbocycles. The number of amides is 1. The van der Waals surface area contributed by atoms with Crippen LogP contribution in [0.1, 0.15) is 12.5 Å². The number of rotatable bonds is 4. The van der Waals surface area contributed by atoms with Gasteiger partial charge in [0.2, 0.25) is 5.91 Å². The van der Waals surface area contributed by atoms with E-state index in [1.165, 1.54) is 13.0 Å². The molecule has 0 aliphatic rings. The van der Waals surface area contributed by atoms with Crippen molar-refractivity contribution in [1.82, 2.24) is 0 Å². The van der Waals surface area contributed by atoms with Gasteiger partial charge >= 0.3 is 10.1 Å². The molecule has 0 saturated heterocycles. The highest BCUT2D eigenvalue weighted by Crippen LogP contribution is 2.25. The van der Waals surface area contributed by atoms with E-state index >= 15 is 0 Å². The summed E-state index contributed by atoms with van der Waals surface area (Å²) >= 11 is 2.07. The average Bonchev–Trinajstić information content (AvgIpc) is 2.39. The largest absolute Gasteiger partial charge is 0.379 e. The summed E-state index contributed by atoms with van der Waals surface area (Å²) in [5.74, 6) is -0.0260. The Bertz CT molecular complexity index is 818. The maximum atomic E-state index is 12.4. The van der Waals surface area contributed by atoms with Gasteiger partial charge in [-0.3, -0.25) is 4.79 Å². The second kappa shape index (κ2) is 6.66. The molecule has 5 nitrogen and oxygen atoms in total. The number of hydrogen-bond acceptors (Lipinski definition) is 4. The first-order chi connectivity index (χ1) is 10.3. The van der Waals surface area contributed by atoms with Gasteiger partial charge in [-0.1, -0.05) is 12.1 Å². The molecule has 0 heterocycles. The van der Waals surface area contributed by atoms with Crippen LogP contribution in [0.3, 0.4) is 0 Å². The highest BCUT2D eigenvalue weighted by molar-refractivity contribution is 14.1. The highest BCUT2D eigenvalue weighted by atomic mass is 127. The van der Waals surface area contributed by atoms with Crippen LogP contribution in [-0.4, -0.2) is 14.3 Å². The van der Waals surface area contributed by atoms with Crippen LogP contribution in [0.4, 0.5) is 5.69 Å². The van der Waals surface area contributed by atoms with Gasteiger partial charge in [-0.25, -0.2) is 0 Å². The molecule has 0 aromatic heterocycles. The summed E-state index contributed by atoms with van der Waals surface area (Å²) < 4.78 is 30.9. The molecule has 0 radical (unpaired) electrons. The lowest BCUT2D eigenvalue weighted by Crippen LogP contribution is -2.13. The average molecular weight is 431 g/mol.